The monoisotopic (exact) mass is 233 g/mol. The Bertz CT molecular complexity index is 584. The van der Waals surface area contributed by atoms with E-state index >= 15 is 0 Å². The highest BCUT2D eigenvalue weighted by atomic mass is 35.5. The van der Waals surface area contributed by atoms with Gasteiger partial charge in [-0.05, 0) is 12.3 Å². The Kier molecular flexibility index (Phi) is 2.04. The predicted octanol–water partition coefficient (Wildman–Crippen LogP) is 1.64. The van der Waals surface area contributed by atoms with Crippen LogP contribution >= 0.6 is 11.6 Å². The number of aromatic nitrogens is 4. The molecule has 1 aliphatic carbocycles. The fourth-order valence-electron chi connectivity index (χ4n) is 1.79. The van der Waals surface area contributed by atoms with Crippen LogP contribution in [0.3, 0.4) is 0 Å². The Labute approximate surface area is 96.7 Å². The summed E-state index contributed by atoms with van der Waals surface area (Å²) in [5.41, 5.74) is 1.43. The van der Waals surface area contributed by atoms with E-state index in [-0.39, 0.29) is 5.92 Å². The minimum atomic E-state index is 0.173. The van der Waals surface area contributed by atoms with E-state index in [1.165, 1.54) is 6.20 Å². The summed E-state index contributed by atoms with van der Waals surface area (Å²) < 4.78 is 1.77. The fraction of sp³-hybridized carbons (Fsp3) is 0.400. The van der Waals surface area contributed by atoms with Crippen LogP contribution in [0.4, 0.5) is 0 Å². The summed E-state index contributed by atoms with van der Waals surface area (Å²) in [4.78, 5) is 8.31. The lowest BCUT2D eigenvalue weighted by Crippen LogP contribution is -2.03. The maximum absolute atomic E-state index is 8.73. The second kappa shape index (κ2) is 3.42. The normalized spacial score (nSPS) is 23.2. The molecule has 0 bridgehead atoms. The summed E-state index contributed by atoms with van der Waals surface area (Å²) in [6.45, 7) is 0.719. The molecule has 1 saturated carbocycles. The highest BCUT2D eigenvalue weighted by molar-refractivity contribution is 6.29. The molecule has 2 aromatic heterocycles. The Morgan fingerprint density at radius 1 is 1.56 bits per heavy atom. The van der Waals surface area contributed by atoms with Crippen LogP contribution in [0.1, 0.15) is 6.42 Å². The quantitative estimate of drug-likeness (QED) is 0.791. The minimum Gasteiger partial charge on any atom is -0.248 e. The van der Waals surface area contributed by atoms with Crippen LogP contribution in [0, 0.1) is 23.2 Å². The second-order valence-corrected chi connectivity index (χ2v) is 4.35. The molecular weight excluding hydrogens is 226 g/mol. The van der Waals surface area contributed by atoms with Crippen LogP contribution in [-0.4, -0.2) is 19.7 Å². The third-order valence-corrected chi connectivity index (χ3v) is 2.99. The van der Waals surface area contributed by atoms with Crippen LogP contribution in [0.25, 0.3) is 11.2 Å². The Morgan fingerprint density at radius 2 is 2.44 bits per heavy atom. The lowest BCUT2D eigenvalue weighted by Gasteiger charge is -2.00. The number of rotatable bonds is 2. The molecule has 3 rings (SSSR count). The van der Waals surface area contributed by atoms with E-state index in [1.807, 2.05) is 0 Å². The van der Waals surface area contributed by atoms with Crippen molar-refractivity contribution in [3.05, 3.63) is 17.5 Å². The van der Waals surface area contributed by atoms with Gasteiger partial charge in [-0.25, -0.2) is 14.6 Å². The maximum Gasteiger partial charge on any atom is 0.178 e. The van der Waals surface area contributed by atoms with Crippen molar-refractivity contribution in [2.45, 2.75) is 13.0 Å². The second-order valence-electron chi connectivity index (χ2n) is 3.96. The van der Waals surface area contributed by atoms with Crippen molar-refractivity contribution in [1.82, 2.24) is 19.7 Å². The zero-order valence-corrected chi connectivity index (χ0v) is 9.09. The van der Waals surface area contributed by atoms with E-state index in [0.29, 0.717) is 16.7 Å². The van der Waals surface area contributed by atoms with Crippen LogP contribution in [0.2, 0.25) is 5.15 Å². The van der Waals surface area contributed by atoms with Crippen LogP contribution in [0.15, 0.2) is 12.4 Å². The standard InChI is InChI=1S/C10H8ClN5/c11-9-4-13-8-3-14-16(10(8)15-9)5-7-1-6(7)2-12/h3-4,6-7H,1,5H2/t6-,7-/m1/s1. The van der Waals surface area contributed by atoms with Gasteiger partial charge in [-0.15, -0.1) is 0 Å². The number of nitriles is 1. The fourth-order valence-corrected chi connectivity index (χ4v) is 1.92. The first-order valence-corrected chi connectivity index (χ1v) is 5.39. The number of nitrogens with zero attached hydrogens (tertiary/aromatic N) is 5. The molecule has 0 unspecified atom stereocenters. The summed E-state index contributed by atoms with van der Waals surface area (Å²) in [5, 5.41) is 13.3. The first kappa shape index (κ1) is 9.55. The van der Waals surface area contributed by atoms with Crippen molar-refractivity contribution in [3.63, 3.8) is 0 Å². The largest absolute Gasteiger partial charge is 0.248 e. The molecule has 1 fully saturated rings. The van der Waals surface area contributed by atoms with Crippen molar-refractivity contribution < 1.29 is 0 Å². The van der Waals surface area contributed by atoms with Crippen molar-refractivity contribution in [2.75, 3.05) is 0 Å². The van der Waals surface area contributed by atoms with Crippen molar-refractivity contribution in [3.8, 4) is 6.07 Å². The van der Waals surface area contributed by atoms with Gasteiger partial charge in [-0.3, -0.25) is 0 Å². The van der Waals surface area contributed by atoms with Gasteiger partial charge in [0.05, 0.1) is 24.4 Å². The van der Waals surface area contributed by atoms with Gasteiger partial charge < -0.3 is 0 Å². The third kappa shape index (κ3) is 1.51. The van der Waals surface area contributed by atoms with Gasteiger partial charge in [-0.2, -0.15) is 10.4 Å². The van der Waals surface area contributed by atoms with Gasteiger partial charge in [0.1, 0.15) is 10.7 Å². The number of halogens is 1. The summed E-state index contributed by atoms with van der Waals surface area (Å²) in [5.74, 6) is 0.570. The van der Waals surface area contributed by atoms with E-state index in [4.69, 9.17) is 16.9 Å². The summed E-state index contributed by atoms with van der Waals surface area (Å²) in [6.07, 6.45) is 4.12. The maximum atomic E-state index is 8.73. The molecule has 0 aromatic carbocycles. The Balaban J connectivity index is 1.93. The van der Waals surface area contributed by atoms with Gasteiger partial charge >= 0.3 is 0 Å². The molecule has 0 radical (unpaired) electrons. The zero-order valence-electron chi connectivity index (χ0n) is 8.34. The molecule has 6 heteroatoms. The lowest BCUT2D eigenvalue weighted by molar-refractivity contribution is 0.562. The number of fused-ring (bicyclic) bond motifs is 1. The SMILES string of the molecule is N#C[C@H]1C[C@@H]1Cn1ncc2ncc(Cl)nc21. The molecular formula is C10H8ClN5. The van der Waals surface area contributed by atoms with E-state index in [0.717, 1.165) is 18.5 Å². The molecule has 0 aliphatic heterocycles. The summed E-state index contributed by atoms with van der Waals surface area (Å²) in [7, 11) is 0. The average Bonchev–Trinajstić information content (AvgIpc) is 2.93. The molecule has 0 amide bonds. The van der Waals surface area contributed by atoms with Crippen LogP contribution < -0.4 is 0 Å². The highest BCUT2D eigenvalue weighted by Gasteiger charge is 2.37. The Hall–Kier alpha value is -1.67. The number of hydrogen-bond acceptors (Lipinski definition) is 4. The van der Waals surface area contributed by atoms with Crippen LogP contribution in [0.5, 0.6) is 0 Å². The molecule has 2 atom stereocenters. The Morgan fingerprint density at radius 3 is 3.19 bits per heavy atom. The predicted molar refractivity (Wildman–Crippen MR) is 57.5 cm³/mol. The first-order valence-electron chi connectivity index (χ1n) is 5.01. The van der Waals surface area contributed by atoms with Gasteiger partial charge in [-0.1, -0.05) is 11.6 Å². The molecule has 80 valence electrons. The average molecular weight is 234 g/mol. The minimum absolute atomic E-state index is 0.173. The first-order chi connectivity index (χ1) is 7.78. The molecule has 2 heterocycles. The van der Waals surface area contributed by atoms with Gasteiger partial charge in [0.2, 0.25) is 0 Å². The van der Waals surface area contributed by atoms with Crippen molar-refractivity contribution in [2.24, 2.45) is 11.8 Å². The van der Waals surface area contributed by atoms with E-state index in [2.05, 4.69) is 21.1 Å². The molecule has 0 saturated heterocycles. The summed E-state index contributed by atoms with van der Waals surface area (Å²) >= 11 is 5.79. The lowest BCUT2D eigenvalue weighted by atomic mass is 10.3. The molecule has 16 heavy (non-hydrogen) atoms. The smallest absolute Gasteiger partial charge is 0.178 e. The molecule has 2 aromatic rings. The van der Waals surface area contributed by atoms with Crippen LogP contribution in [-0.2, 0) is 6.54 Å². The molecule has 1 aliphatic rings. The van der Waals surface area contributed by atoms with Gasteiger partial charge in [0.25, 0.3) is 0 Å². The highest BCUT2D eigenvalue weighted by Crippen LogP contribution is 2.39. The van der Waals surface area contributed by atoms with E-state index < -0.39 is 0 Å². The van der Waals surface area contributed by atoms with E-state index in [9.17, 15) is 0 Å². The molecule has 0 N–H and O–H groups in total. The van der Waals surface area contributed by atoms with Gasteiger partial charge in [0.15, 0.2) is 5.65 Å². The molecule has 0 spiro atoms. The third-order valence-electron chi connectivity index (χ3n) is 2.81. The van der Waals surface area contributed by atoms with Gasteiger partial charge in [0, 0.05) is 6.54 Å². The number of hydrogen-bond donors (Lipinski definition) is 0. The van der Waals surface area contributed by atoms with Crippen molar-refractivity contribution >= 4 is 22.8 Å². The van der Waals surface area contributed by atoms with Crippen molar-refractivity contribution in [1.29, 1.82) is 5.26 Å². The topological polar surface area (TPSA) is 67.4 Å². The van der Waals surface area contributed by atoms with E-state index in [1.54, 1.807) is 10.9 Å². The molecule has 5 nitrogen and oxygen atoms in total. The zero-order chi connectivity index (χ0) is 11.1. The summed E-state index contributed by atoms with van der Waals surface area (Å²) in [6, 6.07) is 2.26.